The van der Waals surface area contributed by atoms with Gasteiger partial charge in [0.2, 0.25) is 5.78 Å². The summed E-state index contributed by atoms with van der Waals surface area (Å²) < 4.78 is 0.839. The highest BCUT2D eigenvalue weighted by atomic mass is 127. The summed E-state index contributed by atoms with van der Waals surface area (Å²) >= 11 is 3.93. The van der Waals surface area contributed by atoms with Crippen LogP contribution in [0.25, 0.3) is 0 Å². The molecule has 0 bridgehead atoms. The van der Waals surface area contributed by atoms with Crippen molar-refractivity contribution in [3.8, 4) is 5.75 Å². The van der Waals surface area contributed by atoms with Crippen LogP contribution in [0, 0.1) is 15.4 Å². The number of aliphatic hydroxyl groups excluding tert-OH is 2. The first kappa shape index (κ1) is 25.6. The van der Waals surface area contributed by atoms with Gasteiger partial charge >= 0.3 is 0 Å². The Bertz CT molecular complexity index is 1250. The lowest BCUT2D eigenvalue weighted by Crippen LogP contribution is -2.57. The summed E-state index contributed by atoms with van der Waals surface area (Å²) in [6.45, 7) is 0. The van der Waals surface area contributed by atoms with Gasteiger partial charge in [-0.05, 0) is 65.8 Å². The molecule has 1 amide bonds. The molecule has 0 spiro atoms. The third kappa shape index (κ3) is 3.87. The molecule has 1 aromatic carbocycles. The fourth-order valence-electron chi connectivity index (χ4n) is 6.24. The van der Waals surface area contributed by atoms with E-state index in [0.29, 0.717) is 28.6 Å². The van der Waals surface area contributed by atoms with Crippen LogP contribution in [-0.4, -0.2) is 48.8 Å². The number of thioether (sulfide) groups is 1. The molecule has 4 aliphatic carbocycles. The number of hydrogen-bond acceptors (Lipinski definition) is 8. The van der Waals surface area contributed by atoms with E-state index in [4.69, 9.17) is 5.73 Å². The quantitative estimate of drug-likeness (QED) is 0.250. The van der Waals surface area contributed by atoms with E-state index in [9.17, 15) is 34.8 Å². The van der Waals surface area contributed by atoms with Gasteiger partial charge in [0.15, 0.2) is 11.4 Å². The molecule has 4 aliphatic rings. The summed E-state index contributed by atoms with van der Waals surface area (Å²) in [6.07, 6.45) is 6.17. The van der Waals surface area contributed by atoms with Gasteiger partial charge in [0, 0.05) is 38.0 Å². The maximum Gasteiger partial charge on any atom is 0.255 e. The Hall–Kier alpha value is -2.05. The van der Waals surface area contributed by atoms with Gasteiger partial charge in [-0.15, -0.1) is 0 Å². The zero-order chi connectivity index (χ0) is 25.9. The third-order valence-electron chi connectivity index (χ3n) is 8.11. The molecule has 0 saturated heterocycles. The minimum Gasteiger partial charge on any atom is -0.511 e. The largest absolute Gasteiger partial charge is 0.511 e. The molecule has 0 radical (unpaired) electrons. The van der Waals surface area contributed by atoms with Gasteiger partial charge in [-0.3, -0.25) is 14.4 Å². The molecule has 0 aliphatic heterocycles. The van der Waals surface area contributed by atoms with Gasteiger partial charge < -0.3 is 26.2 Å². The molecule has 6 N–H and O–H groups in total. The number of amides is 1. The van der Waals surface area contributed by atoms with Crippen LogP contribution in [0.4, 0.5) is 0 Å². The van der Waals surface area contributed by atoms with Crippen LogP contribution >= 0.6 is 34.4 Å². The van der Waals surface area contributed by atoms with Crippen LogP contribution in [0.5, 0.6) is 5.75 Å². The van der Waals surface area contributed by atoms with Gasteiger partial charge in [0.25, 0.3) is 5.91 Å². The van der Waals surface area contributed by atoms with Crippen LogP contribution in [0.3, 0.4) is 0 Å². The van der Waals surface area contributed by atoms with Crippen LogP contribution in [0.15, 0.2) is 28.7 Å². The molecule has 192 valence electrons. The smallest absolute Gasteiger partial charge is 0.255 e. The molecule has 1 fully saturated rings. The number of aliphatic hydroxyl groups is 3. The first-order chi connectivity index (χ1) is 17.1. The highest BCUT2D eigenvalue weighted by Crippen LogP contribution is 2.52. The van der Waals surface area contributed by atoms with Gasteiger partial charge in [0.1, 0.15) is 22.8 Å². The predicted molar refractivity (Wildman–Crippen MR) is 142 cm³/mol. The summed E-state index contributed by atoms with van der Waals surface area (Å²) in [4.78, 5) is 38.6. The highest BCUT2D eigenvalue weighted by Gasteiger charge is 2.59. The van der Waals surface area contributed by atoms with Crippen molar-refractivity contribution >= 4 is 51.8 Å². The van der Waals surface area contributed by atoms with E-state index < -0.39 is 52.0 Å². The zero-order valence-corrected chi connectivity index (χ0v) is 22.5. The Morgan fingerprint density at radius 1 is 1.14 bits per heavy atom. The molecular formula is C26H28INO7S. The number of rotatable bonds is 4. The standard InChI is InChI=1S/C26H28INO7S/c27-16-8-12(10-36-14-4-2-1-3-5-14)21(30)19-15(16)7-11-6-13-9-17(29)20(25(28)34)24(33)26(13,35)23(32)18(11)22(19)31/h8,11,13-14,29-30,32,35H,1-7,9-10H2,(H2,28,34). The fraction of sp³-hybridized carbons (Fsp3) is 0.500. The van der Waals surface area contributed by atoms with Crippen molar-refractivity contribution in [1.29, 1.82) is 0 Å². The number of ketones is 2. The van der Waals surface area contributed by atoms with Gasteiger partial charge in [-0.25, -0.2) is 0 Å². The zero-order valence-electron chi connectivity index (χ0n) is 19.6. The van der Waals surface area contributed by atoms with Crippen LogP contribution < -0.4 is 5.73 Å². The number of benzene rings is 1. The number of primary amides is 1. The van der Waals surface area contributed by atoms with Crippen LogP contribution in [0.2, 0.25) is 0 Å². The molecule has 0 heterocycles. The number of fused-ring (bicyclic) bond motifs is 3. The normalized spacial score (nSPS) is 28.6. The molecule has 8 nitrogen and oxygen atoms in total. The maximum atomic E-state index is 13.7. The average molecular weight is 625 g/mol. The Morgan fingerprint density at radius 3 is 2.50 bits per heavy atom. The van der Waals surface area contributed by atoms with Crippen molar-refractivity contribution in [2.75, 3.05) is 0 Å². The number of phenolic OH excluding ortho intramolecular Hbond substituents is 1. The Kier molecular flexibility index (Phi) is 6.65. The summed E-state index contributed by atoms with van der Waals surface area (Å²) in [7, 11) is 0. The molecule has 0 aromatic heterocycles. The van der Waals surface area contributed by atoms with E-state index in [1.54, 1.807) is 11.8 Å². The van der Waals surface area contributed by atoms with Crippen molar-refractivity contribution in [3.63, 3.8) is 0 Å². The first-order valence-corrected chi connectivity index (χ1v) is 14.3. The number of nitrogens with two attached hydrogens (primary N) is 1. The van der Waals surface area contributed by atoms with E-state index in [1.807, 2.05) is 6.07 Å². The molecule has 10 heteroatoms. The number of carbonyl (C=O) groups excluding carboxylic acids is 3. The van der Waals surface area contributed by atoms with Crippen molar-refractivity contribution in [3.05, 3.63) is 49.0 Å². The molecule has 3 atom stereocenters. The van der Waals surface area contributed by atoms with Crippen molar-refractivity contribution in [2.45, 2.75) is 68.0 Å². The van der Waals surface area contributed by atoms with E-state index in [2.05, 4.69) is 22.6 Å². The van der Waals surface area contributed by atoms with Gasteiger partial charge in [-0.2, -0.15) is 11.8 Å². The van der Waals surface area contributed by atoms with E-state index in [1.165, 1.54) is 19.3 Å². The SMILES string of the molecule is NC(=O)C1=C(O)CC2CC3Cc4c(I)cc(CSC5CCCCC5)c(O)c4C(=O)C3=C(O)C2(O)C1=O. The van der Waals surface area contributed by atoms with E-state index in [-0.39, 0.29) is 29.7 Å². The number of hydrogen-bond donors (Lipinski definition) is 5. The fourth-order valence-corrected chi connectivity index (χ4v) is 8.41. The first-order valence-electron chi connectivity index (χ1n) is 12.2. The monoisotopic (exact) mass is 625 g/mol. The summed E-state index contributed by atoms with van der Waals surface area (Å²) in [5.41, 5.74) is 3.24. The Labute approximate surface area is 226 Å². The topological polar surface area (TPSA) is 158 Å². The van der Waals surface area contributed by atoms with Crippen LogP contribution in [-0.2, 0) is 21.8 Å². The lowest BCUT2D eigenvalue weighted by atomic mass is 9.60. The molecule has 36 heavy (non-hydrogen) atoms. The minimum atomic E-state index is -2.53. The van der Waals surface area contributed by atoms with E-state index in [0.717, 1.165) is 16.4 Å². The molecular weight excluding hydrogens is 597 g/mol. The number of carbonyl (C=O) groups is 3. The average Bonchev–Trinajstić information content (AvgIpc) is 2.83. The summed E-state index contributed by atoms with van der Waals surface area (Å²) in [6, 6.07) is 1.91. The van der Waals surface area contributed by atoms with Gasteiger partial charge in [-0.1, -0.05) is 19.3 Å². The second-order valence-corrected chi connectivity index (χ2v) is 12.7. The second kappa shape index (κ2) is 9.36. The third-order valence-corrected chi connectivity index (χ3v) is 10.5. The number of Topliss-reactive ketones (excluding diaryl/α,β-unsaturated/α-hetero) is 2. The number of phenols is 1. The highest BCUT2D eigenvalue weighted by molar-refractivity contribution is 14.1. The predicted octanol–water partition coefficient (Wildman–Crippen LogP) is 3.75. The minimum absolute atomic E-state index is 0.0952. The lowest BCUT2D eigenvalue weighted by molar-refractivity contribution is -0.144. The molecule has 1 aromatic rings. The summed E-state index contributed by atoms with van der Waals surface area (Å²) in [5.74, 6) is -5.39. The van der Waals surface area contributed by atoms with Crippen LogP contribution in [0.1, 0.15) is 66.4 Å². The second-order valence-electron chi connectivity index (χ2n) is 10.2. The number of allylic oxidation sites excluding steroid dienone is 2. The number of halogens is 1. The Balaban J connectivity index is 1.54. The molecule has 1 saturated carbocycles. The van der Waals surface area contributed by atoms with Crippen molar-refractivity contribution < 1.29 is 34.8 Å². The van der Waals surface area contributed by atoms with Crippen molar-refractivity contribution in [1.82, 2.24) is 0 Å². The number of aromatic hydroxyl groups is 1. The maximum absolute atomic E-state index is 13.7. The summed E-state index contributed by atoms with van der Waals surface area (Å²) in [5, 5.41) is 44.4. The molecule has 3 unspecified atom stereocenters. The van der Waals surface area contributed by atoms with Crippen molar-refractivity contribution in [2.24, 2.45) is 17.6 Å². The lowest BCUT2D eigenvalue weighted by Gasteiger charge is -2.45. The van der Waals surface area contributed by atoms with Gasteiger partial charge in [0.05, 0.1) is 5.56 Å². The Morgan fingerprint density at radius 2 is 1.83 bits per heavy atom. The molecule has 5 rings (SSSR count). The van der Waals surface area contributed by atoms with E-state index >= 15 is 0 Å².